The van der Waals surface area contributed by atoms with Crippen molar-refractivity contribution in [1.82, 2.24) is 0 Å². The third-order valence-electron chi connectivity index (χ3n) is 8.51. The maximum absolute atomic E-state index is 2.46. The molecule has 2 nitrogen and oxygen atoms in total. The Hall–Kier alpha value is -0.0800. The molecule has 0 aromatic carbocycles. The van der Waals surface area contributed by atoms with Gasteiger partial charge in [0.25, 0.3) is 0 Å². The van der Waals surface area contributed by atoms with Gasteiger partial charge in [0.2, 0.25) is 0 Å². The maximum atomic E-state index is 2.46. The minimum Gasteiger partial charge on any atom is -0.328 e. The van der Waals surface area contributed by atoms with Crippen molar-refractivity contribution in [2.45, 2.75) is 168 Å². The zero-order valence-corrected chi connectivity index (χ0v) is 26.7. The molecular weight excluding hydrogens is 436 g/mol. The molecule has 0 atom stereocenters. The topological polar surface area (TPSA) is 0 Å². The molecule has 0 N–H and O–H groups in total. The predicted molar refractivity (Wildman–Crippen MR) is 166 cm³/mol. The Balaban J connectivity index is 3.53. The number of rotatable bonds is 29. The van der Waals surface area contributed by atoms with Gasteiger partial charge in [0.05, 0.1) is 54.4 Å². The molecule has 0 amide bonds. The molecule has 0 bridgehead atoms. The molecule has 0 aliphatic heterocycles. The van der Waals surface area contributed by atoms with Crippen LogP contribution in [0.3, 0.4) is 0 Å². The first-order chi connectivity index (χ1) is 17.3. The highest BCUT2D eigenvalue weighted by atomic mass is 15.3. The molecule has 36 heavy (non-hydrogen) atoms. The average Bonchev–Trinajstić information content (AvgIpc) is 2.83. The minimum absolute atomic E-state index is 1.23. The van der Waals surface area contributed by atoms with Gasteiger partial charge in [-0.2, -0.15) is 0 Å². The van der Waals surface area contributed by atoms with Gasteiger partial charge in [-0.1, -0.05) is 117 Å². The van der Waals surface area contributed by atoms with E-state index >= 15 is 0 Å². The summed E-state index contributed by atoms with van der Waals surface area (Å²) in [6.07, 6.45) is 34.6. The smallest absolute Gasteiger partial charge is 0.0782 e. The molecule has 0 aliphatic carbocycles. The second-order valence-electron chi connectivity index (χ2n) is 13.5. The first-order valence-corrected chi connectivity index (χ1v) is 17.0. The van der Waals surface area contributed by atoms with E-state index in [2.05, 4.69) is 42.0 Å². The lowest BCUT2D eigenvalue weighted by Gasteiger charge is -2.31. The van der Waals surface area contributed by atoms with Crippen LogP contribution in [0.2, 0.25) is 0 Å². The fourth-order valence-electron chi connectivity index (χ4n) is 5.71. The van der Waals surface area contributed by atoms with E-state index in [0.29, 0.717) is 0 Å². The lowest BCUT2D eigenvalue weighted by atomic mass is 10.1. The summed E-state index contributed by atoms with van der Waals surface area (Å²) in [5, 5.41) is 0. The summed E-state index contributed by atoms with van der Waals surface area (Å²) < 4.78 is 2.47. The molecule has 218 valence electrons. The van der Waals surface area contributed by atoms with Crippen LogP contribution in [0.1, 0.15) is 168 Å². The third-order valence-corrected chi connectivity index (χ3v) is 8.51. The van der Waals surface area contributed by atoms with E-state index in [1.54, 1.807) is 0 Å². The van der Waals surface area contributed by atoms with Crippen LogP contribution in [0, 0.1) is 0 Å². The van der Waals surface area contributed by atoms with Gasteiger partial charge >= 0.3 is 0 Å². The Bertz CT molecular complexity index is 389. The zero-order valence-electron chi connectivity index (χ0n) is 26.7. The van der Waals surface area contributed by atoms with Crippen molar-refractivity contribution in [2.75, 3.05) is 54.4 Å². The Labute approximate surface area is 231 Å². The lowest BCUT2D eigenvalue weighted by molar-refractivity contribution is -0.891. The Morgan fingerprint density at radius 1 is 0.250 bits per heavy atom. The highest BCUT2D eigenvalue weighted by Gasteiger charge is 2.15. The summed E-state index contributed by atoms with van der Waals surface area (Å²) in [4.78, 5) is 0. The summed E-state index contributed by atoms with van der Waals surface area (Å²) in [5.74, 6) is 0. The van der Waals surface area contributed by atoms with E-state index in [1.165, 1.54) is 189 Å². The average molecular weight is 511 g/mol. The number of nitrogens with zero attached hydrogens (tertiary/aromatic N) is 2. The highest BCUT2D eigenvalue weighted by Crippen LogP contribution is 2.15. The Morgan fingerprint density at radius 3 is 0.611 bits per heavy atom. The van der Waals surface area contributed by atoms with Crippen molar-refractivity contribution < 1.29 is 8.97 Å². The van der Waals surface area contributed by atoms with Crippen LogP contribution in [-0.4, -0.2) is 63.3 Å². The fraction of sp³-hybridized carbons (Fsp3) is 1.00. The summed E-state index contributed by atoms with van der Waals surface area (Å²) in [5.41, 5.74) is 0. The molecule has 0 unspecified atom stereocenters. The van der Waals surface area contributed by atoms with Gasteiger partial charge in [-0.25, -0.2) is 0 Å². The zero-order chi connectivity index (χ0) is 26.8. The maximum Gasteiger partial charge on any atom is 0.0782 e. The van der Waals surface area contributed by atoms with Crippen molar-refractivity contribution in [3.05, 3.63) is 0 Å². The Morgan fingerprint density at radius 2 is 0.417 bits per heavy atom. The number of hydrogen-bond acceptors (Lipinski definition) is 0. The van der Waals surface area contributed by atoms with Crippen molar-refractivity contribution >= 4 is 0 Å². The summed E-state index contributed by atoms with van der Waals surface area (Å²) >= 11 is 0. The molecular formula is C34H74N2+2. The first-order valence-electron chi connectivity index (χ1n) is 17.0. The van der Waals surface area contributed by atoms with Crippen LogP contribution < -0.4 is 0 Å². The molecule has 0 saturated heterocycles. The monoisotopic (exact) mass is 511 g/mol. The second kappa shape index (κ2) is 25.2. The quantitative estimate of drug-likeness (QED) is 0.0693. The molecule has 0 aromatic heterocycles. The van der Waals surface area contributed by atoms with Crippen LogP contribution in [-0.2, 0) is 0 Å². The molecule has 0 radical (unpaired) electrons. The number of unbranched alkanes of at least 4 members (excludes halogenated alkanes) is 21. The highest BCUT2D eigenvalue weighted by molar-refractivity contribution is 4.50. The van der Waals surface area contributed by atoms with E-state index in [1.807, 2.05) is 0 Å². The van der Waals surface area contributed by atoms with E-state index in [-0.39, 0.29) is 0 Å². The van der Waals surface area contributed by atoms with Crippen molar-refractivity contribution in [3.8, 4) is 0 Å². The van der Waals surface area contributed by atoms with Crippen molar-refractivity contribution in [2.24, 2.45) is 0 Å². The van der Waals surface area contributed by atoms with Crippen LogP contribution in [0.4, 0.5) is 0 Å². The molecule has 0 aromatic rings. The third kappa shape index (κ3) is 27.0. The molecule has 0 saturated carbocycles. The van der Waals surface area contributed by atoms with Gasteiger partial charge < -0.3 is 8.97 Å². The molecule has 2 heteroatoms. The van der Waals surface area contributed by atoms with E-state index in [4.69, 9.17) is 0 Å². The SMILES string of the molecule is CCCCCCCCCCCC[N+](C)(C)CCCCCC[N+](C)(C)CCCCCCCCCCCC. The number of hydrogen-bond donors (Lipinski definition) is 0. The van der Waals surface area contributed by atoms with Gasteiger partial charge in [0.1, 0.15) is 0 Å². The van der Waals surface area contributed by atoms with Gasteiger partial charge in [-0.15, -0.1) is 0 Å². The van der Waals surface area contributed by atoms with E-state index in [0.717, 1.165) is 0 Å². The lowest BCUT2D eigenvalue weighted by Crippen LogP contribution is -2.41. The summed E-state index contributed by atoms with van der Waals surface area (Å²) in [6, 6.07) is 0. The van der Waals surface area contributed by atoms with Gasteiger partial charge in [0.15, 0.2) is 0 Å². The standard InChI is InChI=1S/C34H74N2/c1-7-9-11-13-15-17-19-21-23-27-31-35(3,4)33-29-25-26-30-34-36(5,6)32-28-24-22-20-18-16-14-12-10-8-2/h7-34H2,1-6H3/q+2. The molecule has 0 aliphatic rings. The molecule has 0 fully saturated rings. The largest absolute Gasteiger partial charge is 0.328 e. The van der Waals surface area contributed by atoms with Crippen LogP contribution >= 0.6 is 0 Å². The van der Waals surface area contributed by atoms with Crippen molar-refractivity contribution in [3.63, 3.8) is 0 Å². The van der Waals surface area contributed by atoms with Gasteiger partial charge in [-0.3, -0.25) is 0 Å². The minimum atomic E-state index is 1.23. The summed E-state index contributed by atoms with van der Waals surface area (Å²) in [6.45, 7) is 10.1. The van der Waals surface area contributed by atoms with Crippen LogP contribution in [0.25, 0.3) is 0 Å². The molecule has 0 rings (SSSR count). The first kappa shape index (κ1) is 35.9. The van der Waals surface area contributed by atoms with Crippen LogP contribution in [0.5, 0.6) is 0 Å². The van der Waals surface area contributed by atoms with Crippen molar-refractivity contribution in [1.29, 1.82) is 0 Å². The predicted octanol–water partition coefficient (Wildman–Crippen LogP) is 10.5. The van der Waals surface area contributed by atoms with Crippen LogP contribution in [0.15, 0.2) is 0 Å². The summed E-state index contributed by atoms with van der Waals surface area (Å²) in [7, 11) is 9.83. The second-order valence-corrected chi connectivity index (χ2v) is 13.5. The van der Waals surface area contributed by atoms with Gasteiger partial charge in [0, 0.05) is 0 Å². The molecule has 0 spiro atoms. The van der Waals surface area contributed by atoms with Gasteiger partial charge in [-0.05, 0) is 51.4 Å². The van der Waals surface area contributed by atoms with E-state index < -0.39 is 0 Å². The number of quaternary nitrogens is 2. The molecule has 0 heterocycles. The van der Waals surface area contributed by atoms with E-state index in [9.17, 15) is 0 Å². The normalized spacial score (nSPS) is 12.5. The Kier molecular flexibility index (Phi) is 25.2. The fourth-order valence-corrected chi connectivity index (χ4v) is 5.71.